The fraction of sp³-hybridized carbons (Fsp3) is 0.471. The van der Waals surface area contributed by atoms with Crippen LogP contribution in [0.25, 0.3) is 0 Å². The van der Waals surface area contributed by atoms with E-state index in [1.807, 2.05) is 13.8 Å². The number of anilines is 1. The highest BCUT2D eigenvalue weighted by molar-refractivity contribution is 5.99. The molecule has 0 spiro atoms. The van der Waals surface area contributed by atoms with Crippen molar-refractivity contribution in [1.82, 2.24) is 5.32 Å². The molecule has 1 aliphatic heterocycles. The Bertz CT molecular complexity index is 629. The smallest absolute Gasteiger partial charge is 0.310 e. The zero-order chi connectivity index (χ0) is 17.7. The van der Waals surface area contributed by atoms with Crippen molar-refractivity contribution in [3.05, 3.63) is 24.3 Å². The lowest BCUT2D eigenvalue weighted by atomic mass is 10.1. The van der Waals surface area contributed by atoms with E-state index in [4.69, 9.17) is 9.47 Å². The maximum absolute atomic E-state index is 12.0. The molecule has 0 fully saturated rings. The molecule has 130 valence electrons. The number of hydrogen-bond donors (Lipinski definition) is 2. The molecule has 2 rings (SSSR count). The summed E-state index contributed by atoms with van der Waals surface area (Å²) in [7, 11) is 0. The number of carbonyl (C=O) groups excluding carboxylic acids is 3. The molecule has 0 bridgehead atoms. The summed E-state index contributed by atoms with van der Waals surface area (Å²) in [5.41, 5.74) is 0.563. The van der Waals surface area contributed by atoms with Gasteiger partial charge in [0.25, 0.3) is 11.8 Å². The van der Waals surface area contributed by atoms with Gasteiger partial charge in [-0.3, -0.25) is 14.4 Å². The Morgan fingerprint density at radius 1 is 1.29 bits per heavy atom. The number of ether oxygens (including phenoxy) is 2. The van der Waals surface area contributed by atoms with Gasteiger partial charge in [0.2, 0.25) is 0 Å². The summed E-state index contributed by atoms with van der Waals surface area (Å²) in [6, 6.07) is 6.96. The quantitative estimate of drug-likeness (QED) is 0.769. The Morgan fingerprint density at radius 2 is 2.00 bits per heavy atom. The summed E-state index contributed by atoms with van der Waals surface area (Å²) >= 11 is 0. The third-order valence-corrected chi connectivity index (χ3v) is 3.42. The molecule has 24 heavy (non-hydrogen) atoms. The molecular weight excluding hydrogens is 312 g/mol. The molecule has 2 N–H and O–H groups in total. The monoisotopic (exact) mass is 334 g/mol. The summed E-state index contributed by atoms with van der Waals surface area (Å²) in [6.07, 6.45) is -2.16. The zero-order valence-corrected chi connectivity index (χ0v) is 14.0. The van der Waals surface area contributed by atoms with Crippen LogP contribution in [0.3, 0.4) is 0 Å². The van der Waals surface area contributed by atoms with E-state index in [1.54, 1.807) is 24.3 Å². The molecule has 0 radical (unpaired) electrons. The predicted molar refractivity (Wildman–Crippen MR) is 87.5 cm³/mol. The highest BCUT2D eigenvalue weighted by atomic mass is 16.6. The first kappa shape index (κ1) is 17.8. The van der Waals surface area contributed by atoms with Crippen molar-refractivity contribution < 1.29 is 23.9 Å². The molecule has 0 aliphatic carbocycles. The molecule has 1 heterocycles. The molecule has 1 aromatic carbocycles. The first-order valence-corrected chi connectivity index (χ1v) is 7.90. The van der Waals surface area contributed by atoms with E-state index in [2.05, 4.69) is 10.6 Å². The van der Waals surface area contributed by atoms with Crippen molar-refractivity contribution in [2.45, 2.75) is 39.4 Å². The number of benzene rings is 1. The van der Waals surface area contributed by atoms with E-state index in [0.717, 1.165) is 0 Å². The Hall–Kier alpha value is -2.57. The van der Waals surface area contributed by atoms with Gasteiger partial charge in [0.05, 0.1) is 12.1 Å². The van der Waals surface area contributed by atoms with Crippen molar-refractivity contribution in [3.63, 3.8) is 0 Å². The third-order valence-electron chi connectivity index (χ3n) is 3.42. The van der Waals surface area contributed by atoms with Crippen LogP contribution in [0, 0.1) is 5.92 Å². The van der Waals surface area contributed by atoms with Gasteiger partial charge in [0, 0.05) is 6.54 Å². The van der Waals surface area contributed by atoms with E-state index in [0.29, 0.717) is 23.9 Å². The van der Waals surface area contributed by atoms with Crippen LogP contribution in [-0.2, 0) is 19.1 Å². The summed E-state index contributed by atoms with van der Waals surface area (Å²) in [5.74, 6) is -0.644. The second-order valence-electron chi connectivity index (χ2n) is 6.07. The van der Waals surface area contributed by atoms with E-state index in [-0.39, 0.29) is 12.3 Å². The summed E-state index contributed by atoms with van der Waals surface area (Å²) in [6.45, 7) is 5.93. The molecule has 7 nitrogen and oxygen atoms in total. The Kier molecular flexibility index (Phi) is 5.78. The average molecular weight is 334 g/mol. The van der Waals surface area contributed by atoms with Gasteiger partial charge < -0.3 is 20.1 Å². The van der Waals surface area contributed by atoms with Crippen LogP contribution >= 0.6 is 0 Å². The predicted octanol–water partition coefficient (Wildman–Crippen LogP) is 1.48. The summed E-state index contributed by atoms with van der Waals surface area (Å²) in [5, 5.41) is 5.36. The van der Waals surface area contributed by atoms with Crippen molar-refractivity contribution in [2.24, 2.45) is 5.92 Å². The molecule has 2 atom stereocenters. The van der Waals surface area contributed by atoms with Crippen LogP contribution in [0.4, 0.5) is 5.69 Å². The number of fused-ring (bicyclic) bond motifs is 1. The molecule has 0 saturated heterocycles. The number of carbonyl (C=O) groups is 3. The molecule has 1 aliphatic rings. The van der Waals surface area contributed by atoms with Gasteiger partial charge in [-0.2, -0.15) is 0 Å². The van der Waals surface area contributed by atoms with E-state index in [9.17, 15) is 14.4 Å². The van der Waals surface area contributed by atoms with Crippen molar-refractivity contribution >= 4 is 23.5 Å². The van der Waals surface area contributed by atoms with Gasteiger partial charge in [-0.25, -0.2) is 0 Å². The van der Waals surface area contributed by atoms with Gasteiger partial charge in [0.1, 0.15) is 5.75 Å². The molecule has 1 aromatic rings. The number of rotatable bonds is 6. The largest absolute Gasteiger partial charge is 0.478 e. The Balaban J connectivity index is 1.86. The maximum Gasteiger partial charge on any atom is 0.310 e. The number of esters is 1. The first-order valence-electron chi connectivity index (χ1n) is 7.90. The van der Waals surface area contributed by atoms with Gasteiger partial charge in [-0.05, 0) is 25.0 Å². The SMILES string of the molecule is CC(C)CNC(=O)[C@H](C)OC(=O)C[C@@H]1Oc2ccccc2NC1=O. The summed E-state index contributed by atoms with van der Waals surface area (Å²) < 4.78 is 10.6. The number of amides is 2. The molecule has 0 aromatic heterocycles. The summed E-state index contributed by atoms with van der Waals surface area (Å²) in [4.78, 5) is 35.7. The van der Waals surface area contributed by atoms with Gasteiger partial charge in [-0.15, -0.1) is 0 Å². The standard InChI is InChI=1S/C17H22N2O5/c1-10(2)9-18-16(21)11(3)23-15(20)8-14-17(22)19-12-6-4-5-7-13(12)24-14/h4-7,10-11,14H,8-9H2,1-3H3,(H,18,21)(H,19,22)/t11-,14-/m0/s1. The lowest BCUT2D eigenvalue weighted by Gasteiger charge is -2.25. The molecule has 2 amide bonds. The highest BCUT2D eigenvalue weighted by Gasteiger charge is 2.31. The van der Waals surface area contributed by atoms with E-state index in [1.165, 1.54) is 6.92 Å². The van der Waals surface area contributed by atoms with Crippen LogP contribution < -0.4 is 15.4 Å². The van der Waals surface area contributed by atoms with Gasteiger partial charge in [0.15, 0.2) is 12.2 Å². The lowest BCUT2D eigenvalue weighted by molar-refractivity contribution is -0.157. The van der Waals surface area contributed by atoms with Crippen LogP contribution in [0.5, 0.6) is 5.75 Å². The van der Waals surface area contributed by atoms with Crippen molar-refractivity contribution in [3.8, 4) is 5.75 Å². The first-order chi connectivity index (χ1) is 11.4. The Labute approximate surface area is 140 Å². The zero-order valence-electron chi connectivity index (χ0n) is 14.0. The second-order valence-corrected chi connectivity index (χ2v) is 6.07. The number of hydrogen-bond acceptors (Lipinski definition) is 5. The van der Waals surface area contributed by atoms with Crippen molar-refractivity contribution in [1.29, 1.82) is 0 Å². The lowest BCUT2D eigenvalue weighted by Crippen LogP contribution is -2.41. The number of nitrogens with one attached hydrogen (secondary N) is 2. The van der Waals surface area contributed by atoms with Crippen LogP contribution in [0.1, 0.15) is 27.2 Å². The second kappa shape index (κ2) is 7.81. The van der Waals surface area contributed by atoms with Gasteiger partial charge >= 0.3 is 5.97 Å². The van der Waals surface area contributed by atoms with Crippen LogP contribution in [-0.4, -0.2) is 36.5 Å². The number of para-hydroxylation sites is 2. The maximum atomic E-state index is 12.0. The van der Waals surface area contributed by atoms with E-state index < -0.39 is 24.1 Å². The fourth-order valence-corrected chi connectivity index (χ4v) is 2.13. The third kappa shape index (κ3) is 4.71. The van der Waals surface area contributed by atoms with E-state index >= 15 is 0 Å². The topological polar surface area (TPSA) is 93.7 Å². The average Bonchev–Trinajstić information content (AvgIpc) is 2.53. The molecule has 0 unspecified atom stereocenters. The normalized spacial score (nSPS) is 17.3. The molecule has 7 heteroatoms. The minimum Gasteiger partial charge on any atom is -0.478 e. The minimum atomic E-state index is -0.974. The van der Waals surface area contributed by atoms with Crippen molar-refractivity contribution in [2.75, 3.05) is 11.9 Å². The minimum absolute atomic E-state index is 0.262. The highest BCUT2D eigenvalue weighted by Crippen LogP contribution is 2.29. The molecule has 0 saturated carbocycles. The fourth-order valence-electron chi connectivity index (χ4n) is 2.13. The van der Waals surface area contributed by atoms with Crippen LogP contribution in [0.2, 0.25) is 0 Å². The molecular formula is C17H22N2O5. The van der Waals surface area contributed by atoms with Crippen LogP contribution in [0.15, 0.2) is 24.3 Å². The van der Waals surface area contributed by atoms with Gasteiger partial charge in [-0.1, -0.05) is 26.0 Å². The Morgan fingerprint density at radius 3 is 2.71 bits per heavy atom.